The number of para-hydroxylation sites is 1. The monoisotopic (exact) mass is 300 g/mol. The summed E-state index contributed by atoms with van der Waals surface area (Å²) in [6, 6.07) is 13.1. The first kappa shape index (κ1) is 15.8. The van der Waals surface area contributed by atoms with Gasteiger partial charge in [-0.1, -0.05) is 18.2 Å². The smallest absolute Gasteiger partial charge is 0.252 e. The van der Waals surface area contributed by atoms with E-state index in [1.807, 2.05) is 30.3 Å². The molecule has 22 heavy (non-hydrogen) atoms. The van der Waals surface area contributed by atoms with E-state index >= 15 is 0 Å². The summed E-state index contributed by atoms with van der Waals surface area (Å²) in [6.07, 6.45) is 3.25. The molecule has 1 aromatic heterocycles. The van der Waals surface area contributed by atoms with Crippen LogP contribution < -0.4 is 14.8 Å². The Kier molecular flexibility index (Phi) is 6.23. The molecule has 1 N–H and O–H groups in total. The molecule has 0 saturated heterocycles. The molecule has 0 atom stereocenters. The summed E-state index contributed by atoms with van der Waals surface area (Å²) in [5.41, 5.74) is 0.529. The van der Waals surface area contributed by atoms with Crippen LogP contribution in [0, 0.1) is 0 Å². The maximum Gasteiger partial charge on any atom is 0.252 e. The number of pyridine rings is 1. The lowest BCUT2D eigenvalue weighted by molar-refractivity contribution is 0.0952. The van der Waals surface area contributed by atoms with Crippen LogP contribution in [0.4, 0.5) is 0 Å². The van der Waals surface area contributed by atoms with Gasteiger partial charge in [-0.05, 0) is 31.0 Å². The summed E-state index contributed by atoms with van der Waals surface area (Å²) >= 11 is 0. The van der Waals surface area contributed by atoms with Gasteiger partial charge in [-0.3, -0.25) is 4.79 Å². The van der Waals surface area contributed by atoms with Gasteiger partial charge in [0.25, 0.3) is 5.91 Å². The Bertz CT molecular complexity index is 570. The Morgan fingerprint density at radius 3 is 2.64 bits per heavy atom. The molecule has 0 aliphatic rings. The van der Waals surface area contributed by atoms with Gasteiger partial charge in [-0.15, -0.1) is 0 Å². The number of methoxy groups -OCH3 is 1. The van der Waals surface area contributed by atoms with Gasteiger partial charge >= 0.3 is 0 Å². The second-order valence-electron chi connectivity index (χ2n) is 4.71. The van der Waals surface area contributed by atoms with Crippen LogP contribution in [0.15, 0.2) is 48.7 Å². The molecular weight excluding hydrogens is 280 g/mol. The van der Waals surface area contributed by atoms with Crippen molar-refractivity contribution in [1.82, 2.24) is 10.3 Å². The molecule has 0 fully saturated rings. The third-order valence-corrected chi connectivity index (χ3v) is 3.08. The molecule has 0 spiro atoms. The SMILES string of the molecule is COc1ccc(C(=O)NCCCCOc2ccccc2)cn1. The Balaban J connectivity index is 1.60. The van der Waals surface area contributed by atoms with Crippen molar-refractivity contribution < 1.29 is 14.3 Å². The quantitative estimate of drug-likeness (QED) is 0.761. The highest BCUT2D eigenvalue weighted by Crippen LogP contribution is 2.09. The van der Waals surface area contributed by atoms with E-state index < -0.39 is 0 Å². The van der Waals surface area contributed by atoms with E-state index in [-0.39, 0.29) is 5.91 Å². The number of rotatable bonds is 8. The van der Waals surface area contributed by atoms with E-state index in [2.05, 4.69) is 10.3 Å². The van der Waals surface area contributed by atoms with Gasteiger partial charge in [-0.2, -0.15) is 0 Å². The van der Waals surface area contributed by atoms with Crippen molar-refractivity contribution >= 4 is 5.91 Å². The van der Waals surface area contributed by atoms with Crippen molar-refractivity contribution in [3.05, 3.63) is 54.2 Å². The second-order valence-corrected chi connectivity index (χ2v) is 4.71. The van der Waals surface area contributed by atoms with Crippen LogP contribution in [0.5, 0.6) is 11.6 Å². The highest BCUT2D eigenvalue weighted by atomic mass is 16.5. The summed E-state index contributed by atoms with van der Waals surface area (Å²) in [5, 5.41) is 2.86. The van der Waals surface area contributed by atoms with Crippen LogP contribution in [0.1, 0.15) is 23.2 Å². The number of carbonyl (C=O) groups is 1. The molecule has 0 radical (unpaired) electrons. The first-order chi connectivity index (χ1) is 10.8. The minimum atomic E-state index is -0.126. The molecule has 1 heterocycles. The fourth-order valence-electron chi connectivity index (χ4n) is 1.87. The molecule has 0 aliphatic carbocycles. The van der Waals surface area contributed by atoms with Crippen LogP contribution in [-0.2, 0) is 0 Å². The number of hydrogen-bond acceptors (Lipinski definition) is 4. The lowest BCUT2D eigenvalue weighted by atomic mass is 10.2. The molecule has 0 saturated carbocycles. The van der Waals surface area contributed by atoms with Crippen molar-refractivity contribution in [2.45, 2.75) is 12.8 Å². The molecule has 0 aliphatic heterocycles. The Morgan fingerprint density at radius 1 is 1.14 bits per heavy atom. The maximum atomic E-state index is 11.9. The van der Waals surface area contributed by atoms with Gasteiger partial charge in [0, 0.05) is 18.8 Å². The van der Waals surface area contributed by atoms with Crippen molar-refractivity contribution in [1.29, 1.82) is 0 Å². The first-order valence-electron chi connectivity index (χ1n) is 7.25. The van der Waals surface area contributed by atoms with Gasteiger partial charge in [-0.25, -0.2) is 4.98 Å². The molecule has 0 bridgehead atoms. The third-order valence-electron chi connectivity index (χ3n) is 3.08. The average Bonchev–Trinajstić information content (AvgIpc) is 2.58. The van der Waals surface area contributed by atoms with E-state index in [9.17, 15) is 4.79 Å². The number of aromatic nitrogens is 1. The van der Waals surface area contributed by atoms with E-state index in [1.165, 1.54) is 6.20 Å². The molecule has 5 heteroatoms. The number of carbonyl (C=O) groups excluding carboxylic acids is 1. The highest BCUT2D eigenvalue weighted by molar-refractivity contribution is 5.93. The summed E-state index contributed by atoms with van der Waals surface area (Å²) in [6.45, 7) is 1.26. The minimum absolute atomic E-state index is 0.126. The zero-order chi connectivity index (χ0) is 15.6. The Labute approximate surface area is 130 Å². The minimum Gasteiger partial charge on any atom is -0.494 e. The van der Waals surface area contributed by atoms with Crippen LogP contribution in [-0.4, -0.2) is 31.2 Å². The summed E-state index contributed by atoms with van der Waals surface area (Å²) < 4.78 is 10.5. The van der Waals surface area contributed by atoms with E-state index in [4.69, 9.17) is 9.47 Å². The van der Waals surface area contributed by atoms with Crippen molar-refractivity contribution in [2.24, 2.45) is 0 Å². The first-order valence-corrected chi connectivity index (χ1v) is 7.25. The molecule has 5 nitrogen and oxygen atoms in total. The van der Waals surface area contributed by atoms with Gasteiger partial charge in [0.05, 0.1) is 19.3 Å². The largest absolute Gasteiger partial charge is 0.494 e. The van der Waals surface area contributed by atoms with E-state index in [0.717, 1.165) is 18.6 Å². The Morgan fingerprint density at radius 2 is 1.95 bits per heavy atom. The third kappa shape index (κ3) is 5.09. The van der Waals surface area contributed by atoms with Crippen molar-refractivity contribution in [3.8, 4) is 11.6 Å². The standard InChI is InChI=1S/C17H20N2O3/c1-21-16-10-9-14(13-19-16)17(20)18-11-5-6-12-22-15-7-3-2-4-8-15/h2-4,7-10,13H,5-6,11-12H2,1H3,(H,18,20). The predicted molar refractivity (Wildman–Crippen MR) is 84.3 cm³/mol. The number of nitrogens with zero attached hydrogens (tertiary/aromatic N) is 1. The van der Waals surface area contributed by atoms with Crippen LogP contribution in [0.3, 0.4) is 0 Å². The number of amides is 1. The van der Waals surface area contributed by atoms with Crippen LogP contribution in [0.2, 0.25) is 0 Å². The molecule has 1 aromatic carbocycles. The lowest BCUT2D eigenvalue weighted by Crippen LogP contribution is -2.24. The summed E-state index contributed by atoms with van der Waals surface area (Å²) in [4.78, 5) is 15.9. The number of ether oxygens (including phenoxy) is 2. The fraction of sp³-hybridized carbons (Fsp3) is 0.294. The molecule has 116 valence electrons. The Hall–Kier alpha value is -2.56. The molecular formula is C17H20N2O3. The van der Waals surface area contributed by atoms with Crippen LogP contribution >= 0.6 is 0 Å². The number of unbranched alkanes of at least 4 members (excludes halogenated alkanes) is 1. The second kappa shape index (κ2) is 8.67. The van der Waals surface area contributed by atoms with Gasteiger partial charge < -0.3 is 14.8 Å². The topological polar surface area (TPSA) is 60.5 Å². The van der Waals surface area contributed by atoms with E-state index in [0.29, 0.717) is 24.6 Å². The zero-order valence-electron chi connectivity index (χ0n) is 12.6. The molecule has 0 unspecified atom stereocenters. The maximum absolute atomic E-state index is 11.9. The van der Waals surface area contributed by atoms with Gasteiger partial charge in [0.2, 0.25) is 5.88 Å². The number of nitrogens with one attached hydrogen (secondary N) is 1. The van der Waals surface area contributed by atoms with Gasteiger partial charge in [0.15, 0.2) is 0 Å². The van der Waals surface area contributed by atoms with Crippen LogP contribution in [0.25, 0.3) is 0 Å². The zero-order valence-corrected chi connectivity index (χ0v) is 12.6. The van der Waals surface area contributed by atoms with E-state index in [1.54, 1.807) is 19.2 Å². The molecule has 1 amide bonds. The number of hydrogen-bond donors (Lipinski definition) is 1. The normalized spacial score (nSPS) is 10.0. The fourth-order valence-corrected chi connectivity index (χ4v) is 1.87. The summed E-state index contributed by atoms with van der Waals surface area (Å²) in [7, 11) is 1.54. The lowest BCUT2D eigenvalue weighted by Gasteiger charge is -2.07. The van der Waals surface area contributed by atoms with Crippen molar-refractivity contribution in [3.63, 3.8) is 0 Å². The van der Waals surface area contributed by atoms with Gasteiger partial charge in [0.1, 0.15) is 5.75 Å². The highest BCUT2D eigenvalue weighted by Gasteiger charge is 2.05. The predicted octanol–water partition coefficient (Wildman–Crippen LogP) is 2.68. The molecule has 2 aromatic rings. The summed E-state index contributed by atoms with van der Waals surface area (Å²) in [5.74, 6) is 1.24. The number of benzene rings is 1. The van der Waals surface area contributed by atoms with Crippen molar-refractivity contribution in [2.75, 3.05) is 20.3 Å². The molecule has 2 rings (SSSR count). The average molecular weight is 300 g/mol.